The van der Waals surface area contributed by atoms with Crippen molar-refractivity contribution in [1.82, 2.24) is 0 Å². The Morgan fingerprint density at radius 1 is 0.966 bits per heavy atom. The maximum atomic E-state index is 12.9. The number of imide groups is 1. The van der Waals surface area contributed by atoms with Gasteiger partial charge in [-0.3, -0.25) is 14.4 Å². The van der Waals surface area contributed by atoms with Crippen LogP contribution in [0, 0.1) is 0 Å². The first-order chi connectivity index (χ1) is 13.9. The zero-order valence-electron chi connectivity index (χ0n) is 14.7. The number of thiophene rings is 1. The standard InChI is InChI=1S/C21H12Br2ClNO3S/c22-10-16-15(9-17(26)11-5-7-12(24)8-6-11)21(29-18(16)23)25-19(27)13-3-1-2-4-14(13)20(25)28/h1-8H,9-10H2. The van der Waals surface area contributed by atoms with E-state index >= 15 is 0 Å². The van der Waals surface area contributed by atoms with Crippen LogP contribution in [-0.2, 0) is 11.8 Å². The minimum Gasteiger partial charge on any atom is -0.294 e. The minimum absolute atomic E-state index is 0.0629. The van der Waals surface area contributed by atoms with E-state index in [0.717, 1.165) is 9.35 Å². The van der Waals surface area contributed by atoms with Gasteiger partial charge in [0.05, 0.1) is 14.9 Å². The van der Waals surface area contributed by atoms with E-state index in [1.54, 1.807) is 48.5 Å². The topological polar surface area (TPSA) is 54.5 Å². The summed E-state index contributed by atoms with van der Waals surface area (Å²) in [6, 6.07) is 13.4. The number of benzene rings is 2. The zero-order chi connectivity index (χ0) is 20.7. The SMILES string of the molecule is O=C(Cc1c(N2C(=O)c3ccccc3C2=O)sc(Br)c1CBr)c1ccc(Cl)cc1. The van der Waals surface area contributed by atoms with Gasteiger partial charge < -0.3 is 0 Å². The van der Waals surface area contributed by atoms with Crippen molar-refractivity contribution in [3.05, 3.63) is 85.2 Å². The van der Waals surface area contributed by atoms with Crippen molar-refractivity contribution in [3.63, 3.8) is 0 Å². The maximum Gasteiger partial charge on any atom is 0.266 e. The highest BCUT2D eigenvalue weighted by Gasteiger charge is 2.39. The summed E-state index contributed by atoms with van der Waals surface area (Å²) in [6.45, 7) is 0. The van der Waals surface area contributed by atoms with Crippen LogP contribution in [0.1, 0.15) is 42.2 Å². The number of amides is 2. The van der Waals surface area contributed by atoms with Crippen LogP contribution in [0.2, 0.25) is 5.02 Å². The summed E-state index contributed by atoms with van der Waals surface area (Å²) in [4.78, 5) is 40.0. The number of ketones is 1. The fourth-order valence-electron chi connectivity index (χ4n) is 3.22. The molecule has 146 valence electrons. The maximum absolute atomic E-state index is 12.9. The lowest BCUT2D eigenvalue weighted by atomic mass is 10.0. The first-order valence-electron chi connectivity index (χ1n) is 8.55. The molecule has 0 aliphatic carbocycles. The van der Waals surface area contributed by atoms with Gasteiger partial charge in [0.2, 0.25) is 0 Å². The molecule has 1 aromatic heterocycles. The molecular formula is C21H12Br2ClNO3S. The van der Waals surface area contributed by atoms with Crippen molar-refractivity contribution < 1.29 is 14.4 Å². The summed E-state index contributed by atoms with van der Waals surface area (Å²) >= 11 is 14.2. The third kappa shape index (κ3) is 3.61. The lowest BCUT2D eigenvalue weighted by Gasteiger charge is -2.15. The minimum atomic E-state index is -0.374. The zero-order valence-corrected chi connectivity index (χ0v) is 19.5. The van der Waals surface area contributed by atoms with Gasteiger partial charge in [-0.2, -0.15) is 0 Å². The molecule has 0 N–H and O–H groups in total. The third-order valence-electron chi connectivity index (χ3n) is 4.68. The molecular weight excluding hydrogens is 542 g/mol. The van der Waals surface area contributed by atoms with Crippen LogP contribution in [0.3, 0.4) is 0 Å². The molecule has 3 aromatic rings. The first-order valence-corrected chi connectivity index (χ1v) is 11.7. The summed E-state index contributed by atoms with van der Waals surface area (Å²) in [7, 11) is 0. The Morgan fingerprint density at radius 3 is 2.10 bits per heavy atom. The van der Waals surface area contributed by atoms with Gasteiger partial charge in [-0.15, -0.1) is 11.3 Å². The number of alkyl halides is 1. The Kier molecular flexibility index (Phi) is 5.75. The monoisotopic (exact) mass is 551 g/mol. The van der Waals surface area contributed by atoms with E-state index in [1.807, 2.05) is 0 Å². The number of rotatable bonds is 5. The lowest BCUT2D eigenvalue weighted by molar-refractivity contribution is 0.0922. The Balaban J connectivity index is 1.76. The van der Waals surface area contributed by atoms with Crippen LogP contribution in [0.25, 0.3) is 0 Å². The number of nitrogens with zero attached hydrogens (tertiary/aromatic N) is 1. The van der Waals surface area contributed by atoms with E-state index in [0.29, 0.717) is 37.6 Å². The van der Waals surface area contributed by atoms with Gasteiger partial charge >= 0.3 is 0 Å². The second-order valence-corrected chi connectivity index (χ2v) is 9.68. The Bertz CT molecular complexity index is 1120. The van der Waals surface area contributed by atoms with Crippen LogP contribution in [0.5, 0.6) is 0 Å². The first kappa shape index (κ1) is 20.5. The van der Waals surface area contributed by atoms with Crippen LogP contribution in [0.4, 0.5) is 5.00 Å². The van der Waals surface area contributed by atoms with Gasteiger partial charge in [-0.1, -0.05) is 39.7 Å². The van der Waals surface area contributed by atoms with Crippen LogP contribution in [0.15, 0.2) is 52.3 Å². The molecule has 4 nitrogen and oxygen atoms in total. The normalized spacial score (nSPS) is 13.1. The average Bonchev–Trinajstić information content (AvgIpc) is 3.15. The molecule has 0 saturated heterocycles. The molecule has 1 aliphatic rings. The second kappa shape index (κ2) is 8.14. The molecule has 8 heteroatoms. The van der Waals surface area contributed by atoms with Crippen molar-refractivity contribution in [3.8, 4) is 0 Å². The molecule has 2 heterocycles. The van der Waals surface area contributed by atoms with Crippen LogP contribution >= 0.6 is 54.8 Å². The molecule has 0 spiro atoms. The van der Waals surface area contributed by atoms with Crippen LogP contribution in [-0.4, -0.2) is 17.6 Å². The molecule has 0 radical (unpaired) electrons. The average molecular weight is 554 g/mol. The Morgan fingerprint density at radius 2 is 1.55 bits per heavy atom. The van der Waals surface area contributed by atoms with Crippen molar-refractivity contribution in [2.75, 3.05) is 4.90 Å². The highest BCUT2D eigenvalue weighted by atomic mass is 79.9. The van der Waals surface area contributed by atoms with E-state index in [2.05, 4.69) is 31.9 Å². The van der Waals surface area contributed by atoms with Crippen molar-refractivity contribution in [2.24, 2.45) is 0 Å². The number of Topliss-reactive ketones (excluding diaryl/α,β-unsaturated/α-hetero) is 1. The molecule has 2 amide bonds. The molecule has 1 aliphatic heterocycles. The quantitative estimate of drug-likeness (QED) is 0.212. The molecule has 2 aromatic carbocycles. The predicted octanol–water partition coefficient (Wildman–Crippen LogP) is 6.28. The number of hydrogen-bond donors (Lipinski definition) is 0. The van der Waals surface area contributed by atoms with Gasteiger partial charge in [-0.25, -0.2) is 4.90 Å². The largest absolute Gasteiger partial charge is 0.294 e. The number of carbonyl (C=O) groups is 3. The summed E-state index contributed by atoms with van der Waals surface area (Å²) in [6.07, 6.45) is 0.0629. The molecule has 0 saturated carbocycles. The lowest BCUT2D eigenvalue weighted by Crippen LogP contribution is -2.29. The molecule has 29 heavy (non-hydrogen) atoms. The fourth-order valence-corrected chi connectivity index (χ4v) is 6.43. The molecule has 0 atom stereocenters. The van der Waals surface area contributed by atoms with Gasteiger partial charge in [0.25, 0.3) is 11.8 Å². The summed E-state index contributed by atoms with van der Waals surface area (Å²) in [5.74, 6) is -0.867. The Hall–Kier alpha value is -1.80. The van der Waals surface area contributed by atoms with Crippen molar-refractivity contribution in [2.45, 2.75) is 11.8 Å². The molecule has 0 fully saturated rings. The molecule has 0 unspecified atom stereocenters. The van der Waals surface area contributed by atoms with Gasteiger partial charge in [0.1, 0.15) is 5.00 Å². The summed E-state index contributed by atoms with van der Waals surface area (Å²) in [5.41, 5.74) is 2.78. The molecule has 0 bridgehead atoms. The predicted molar refractivity (Wildman–Crippen MR) is 122 cm³/mol. The highest BCUT2D eigenvalue weighted by molar-refractivity contribution is 9.11. The highest BCUT2D eigenvalue weighted by Crippen LogP contribution is 2.44. The van der Waals surface area contributed by atoms with E-state index in [4.69, 9.17) is 11.6 Å². The van der Waals surface area contributed by atoms with Crippen LogP contribution < -0.4 is 4.90 Å². The van der Waals surface area contributed by atoms with Gasteiger partial charge in [-0.05, 0) is 57.9 Å². The number of carbonyl (C=O) groups excluding carboxylic acids is 3. The number of anilines is 1. The van der Waals surface area contributed by atoms with E-state index < -0.39 is 0 Å². The second-order valence-electron chi connectivity index (χ2n) is 6.37. The Labute approximate surface area is 192 Å². The number of hydrogen-bond acceptors (Lipinski definition) is 4. The van der Waals surface area contributed by atoms with Crippen molar-refractivity contribution in [1.29, 1.82) is 0 Å². The third-order valence-corrected chi connectivity index (χ3v) is 7.51. The van der Waals surface area contributed by atoms with Gasteiger partial charge in [0.15, 0.2) is 5.78 Å². The van der Waals surface area contributed by atoms with Crippen molar-refractivity contribution >= 4 is 77.4 Å². The van der Waals surface area contributed by atoms with E-state index in [9.17, 15) is 14.4 Å². The smallest absolute Gasteiger partial charge is 0.266 e. The molecule has 4 rings (SSSR count). The fraction of sp³-hybridized carbons (Fsp3) is 0.0952. The van der Waals surface area contributed by atoms with E-state index in [1.165, 1.54) is 16.2 Å². The summed E-state index contributed by atoms with van der Waals surface area (Å²) in [5, 5.41) is 1.50. The number of halogens is 3. The van der Waals surface area contributed by atoms with Gasteiger partial charge in [0, 0.05) is 27.9 Å². The summed E-state index contributed by atoms with van der Waals surface area (Å²) < 4.78 is 0.778. The number of fused-ring (bicyclic) bond motifs is 1. The van der Waals surface area contributed by atoms with E-state index in [-0.39, 0.29) is 24.0 Å².